The Morgan fingerprint density at radius 2 is 1.86 bits per heavy atom. The monoisotopic (exact) mass is 406 g/mol. The van der Waals surface area contributed by atoms with Crippen molar-refractivity contribution in [3.63, 3.8) is 0 Å². The topological polar surface area (TPSA) is 64.4 Å². The van der Waals surface area contributed by atoms with Crippen molar-refractivity contribution in [1.29, 1.82) is 0 Å². The van der Waals surface area contributed by atoms with Gasteiger partial charge in [-0.15, -0.1) is 0 Å². The summed E-state index contributed by atoms with van der Waals surface area (Å²) in [5.41, 5.74) is 5.60. The molecule has 0 spiro atoms. The lowest BCUT2D eigenvalue weighted by Gasteiger charge is -2.10. The number of fused-ring (bicyclic) bond motifs is 1. The van der Waals surface area contributed by atoms with Gasteiger partial charge in [0.25, 0.3) is 5.91 Å². The average molecular weight is 407 g/mol. The van der Waals surface area contributed by atoms with Gasteiger partial charge >= 0.3 is 0 Å². The van der Waals surface area contributed by atoms with Gasteiger partial charge in [0.15, 0.2) is 5.58 Å². The molecule has 6 heteroatoms. The number of rotatable bonds is 4. The summed E-state index contributed by atoms with van der Waals surface area (Å²) in [6.07, 6.45) is 0. The van der Waals surface area contributed by atoms with Crippen LogP contribution >= 0.6 is 11.6 Å². The molecule has 0 unspecified atom stereocenters. The number of benzene rings is 3. The van der Waals surface area contributed by atoms with E-state index in [1.54, 1.807) is 24.3 Å². The van der Waals surface area contributed by atoms with Crippen molar-refractivity contribution < 1.29 is 13.9 Å². The molecule has 0 aliphatic heterocycles. The third-order valence-corrected chi connectivity index (χ3v) is 5.01. The van der Waals surface area contributed by atoms with E-state index in [0.29, 0.717) is 27.9 Å². The number of carbonyl (C=O) groups is 1. The van der Waals surface area contributed by atoms with Gasteiger partial charge in [-0.3, -0.25) is 4.79 Å². The largest absolute Gasteiger partial charge is 0.496 e. The van der Waals surface area contributed by atoms with E-state index in [2.05, 4.69) is 10.3 Å². The van der Waals surface area contributed by atoms with Crippen LogP contribution in [0.5, 0.6) is 5.75 Å². The molecule has 0 atom stereocenters. The molecule has 0 bridgehead atoms. The first kappa shape index (κ1) is 19.0. The van der Waals surface area contributed by atoms with Gasteiger partial charge in [0.05, 0.1) is 12.7 Å². The molecule has 0 aliphatic rings. The van der Waals surface area contributed by atoms with Crippen molar-refractivity contribution in [2.75, 3.05) is 12.4 Å². The van der Waals surface area contributed by atoms with E-state index in [1.807, 2.05) is 44.2 Å². The van der Waals surface area contributed by atoms with Gasteiger partial charge in [0, 0.05) is 16.3 Å². The molecule has 1 amide bonds. The number of aromatic nitrogens is 1. The Bertz CT molecular complexity index is 1190. The van der Waals surface area contributed by atoms with Crippen LogP contribution in [0.15, 0.2) is 59.0 Å². The highest BCUT2D eigenvalue weighted by molar-refractivity contribution is 6.31. The average Bonchev–Trinajstić information content (AvgIpc) is 3.11. The van der Waals surface area contributed by atoms with E-state index >= 15 is 0 Å². The number of nitrogens with zero attached hydrogens (tertiary/aromatic N) is 1. The Kier molecular flexibility index (Phi) is 4.99. The summed E-state index contributed by atoms with van der Waals surface area (Å²) in [5, 5.41) is 3.34. The van der Waals surface area contributed by atoms with Crippen molar-refractivity contribution in [2.45, 2.75) is 13.8 Å². The minimum Gasteiger partial charge on any atom is -0.496 e. The Hall–Kier alpha value is -3.31. The van der Waals surface area contributed by atoms with Gasteiger partial charge < -0.3 is 14.5 Å². The van der Waals surface area contributed by atoms with Crippen LogP contribution in [0.4, 0.5) is 5.69 Å². The number of carbonyl (C=O) groups excluding carboxylic acids is 1. The molecule has 1 aromatic heterocycles. The van der Waals surface area contributed by atoms with Crippen LogP contribution in [-0.4, -0.2) is 18.0 Å². The van der Waals surface area contributed by atoms with Crippen LogP contribution in [0.2, 0.25) is 5.02 Å². The number of aryl methyl sites for hydroxylation is 2. The first-order chi connectivity index (χ1) is 13.9. The van der Waals surface area contributed by atoms with Crippen molar-refractivity contribution >= 4 is 34.3 Å². The lowest BCUT2D eigenvalue weighted by atomic mass is 10.1. The zero-order valence-corrected chi connectivity index (χ0v) is 17.0. The molecule has 0 aliphatic carbocycles. The SMILES string of the molecule is COc1ccc(Cl)cc1C(=O)Nc1cccc(-c2nc3cc(C)c(C)cc3o2)c1. The summed E-state index contributed by atoms with van der Waals surface area (Å²) >= 11 is 6.03. The maximum Gasteiger partial charge on any atom is 0.259 e. The van der Waals surface area contributed by atoms with Crippen LogP contribution in [-0.2, 0) is 0 Å². The fourth-order valence-corrected chi connectivity index (χ4v) is 3.26. The quantitative estimate of drug-likeness (QED) is 0.449. The number of anilines is 1. The fourth-order valence-electron chi connectivity index (χ4n) is 3.09. The smallest absolute Gasteiger partial charge is 0.259 e. The minimum atomic E-state index is -0.315. The van der Waals surface area contributed by atoms with Gasteiger partial charge in [-0.05, 0) is 73.5 Å². The first-order valence-electron chi connectivity index (χ1n) is 9.08. The second-order valence-electron chi connectivity index (χ2n) is 6.80. The number of ether oxygens (including phenoxy) is 1. The molecule has 5 nitrogen and oxygen atoms in total. The van der Waals surface area contributed by atoms with Crippen LogP contribution in [0.1, 0.15) is 21.5 Å². The number of halogens is 1. The number of oxazole rings is 1. The van der Waals surface area contributed by atoms with E-state index < -0.39 is 0 Å². The predicted molar refractivity (Wildman–Crippen MR) is 115 cm³/mol. The Labute approximate surface area is 173 Å². The molecule has 29 heavy (non-hydrogen) atoms. The number of hydrogen-bond acceptors (Lipinski definition) is 4. The van der Waals surface area contributed by atoms with E-state index in [9.17, 15) is 4.79 Å². The number of nitrogens with one attached hydrogen (secondary N) is 1. The van der Waals surface area contributed by atoms with E-state index in [-0.39, 0.29) is 5.91 Å². The van der Waals surface area contributed by atoms with Gasteiger partial charge in [-0.1, -0.05) is 17.7 Å². The van der Waals surface area contributed by atoms with Crippen molar-refractivity contribution in [2.24, 2.45) is 0 Å². The molecule has 3 aromatic carbocycles. The molecule has 4 rings (SSSR count). The third-order valence-electron chi connectivity index (χ3n) is 4.78. The van der Waals surface area contributed by atoms with Gasteiger partial charge in [-0.2, -0.15) is 0 Å². The Balaban J connectivity index is 1.64. The lowest BCUT2D eigenvalue weighted by Crippen LogP contribution is -2.13. The highest BCUT2D eigenvalue weighted by Gasteiger charge is 2.15. The second kappa shape index (κ2) is 7.60. The van der Waals surface area contributed by atoms with E-state index in [4.69, 9.17) is 20.8 Å². The first-order valence-corrected chi connectivity index (χ1v) is 9.45. The second-order valence-corrected chi connectivity index (χ2v) is 7.24. The molecule has 4 aromatic rings. The molecule has 0 radical (unpaired) electrons. The molecule has 146 valence electrons. The molecular weight excluding hydrogens is 388 g/mol. The molecular formula is C23H19ClN2O3. The molecule has 1 N–H and O–H groups in total. The van der Waals surface area contributed by atoms with Crippen LogP contribution in [0, 0.1) is 13.8 Å². The van der Waals surface area contributed by atoms with Crippen molar-refractivity contribution in [1.82, 2.24) is 4.98 Å². The molecule has 0 saturated heterocycles. The highest BCUT2D eigenvalue weighted by atomic mass is 35.5. The normalized spacial score (nSPS) is 10.9. The van der Waals surface area contributed by atoms with Gasteiger partial charge in [0.2, 0.25) is 5.89 Å². The minimum absolute atomic E-state index is 0.315. The van der Waals surface area contributed by atoms with Crippen LogP contribution in [0.3, 0.4) is 0 Å². The molecule has 0 saturated carbocycles. The predicted octanol–water partition coefficient (Wildman–Crippen LogP) is 6.03. The lowest BCUT2D eigenvalue weighted by molar-refractivity contribution is 0.102. The van der Waals surface area contributed by atoms with Gasteiger partial charge in [0.1, 0.15) is 11.3 Å². The zero-order chi connectivity index (χ0) is 20.5. The maximum absolute atomic E-state index is 12.7. The van der Waals surface area contributed by atoms with E-state index in [1.165, 1.54) is 7.11 Å². The van der Waals surface area contributed by atoms with Gasteiger partial charge in [-0.25, -0.2) is 4.98 Å². The summed E-state index contributed by atoms with van der Waals surface area (Å²) in [6.45, 7) is 4.08. The molecule has 1 heterocycles. The third kappa shape index (κ3) is 3.82. The summed E-state index contributed by atoms with van der Waals surface area (Å²) in [4.78, 5) is 17.3. The number of amides is 1. The van der Waals surface area contributed by atoms with Crippen LogP contribution in [0.25, 0.3) is 22.6 Å². The highest BCUT2D eigenvalue weighted by Crippen LogP contribution is 2.29. The summed E-state index contributed by atoms with van der Waals surface area (Å²) in [6, 6.07) is 16.3. The summed E-state index contributed by atoms with van der Waals surface area (Å²) in [7, 11) is 1.51. The van der Waals surface area contributed by atoms with Crippen molar-refractivity contribution in [3.05, 3.63) is 76.3 Å². The Morgan fingerprint density at radius 1 is 1.07 bits per heavy atom. The maximum atomic E-state index is 12.7. The summed E-state index contributed by atoms with van der Waals surface area (Å²) < 4.78 is 11.2. The standard InChI is InChI=1S/C23H19ClN2O3/c1-13-9-19-21(10-14(13)2)29-23(26-19)15-5-4-6-17(11-15)25-22(27)18-12-16(24)7-8-20(18)28-3/h4-12H,1-3H3,(H,25,27). The van der Waals surface area contributed by atoms with Crippen LogP contribution < -0.4 is 10.1 Å². The van der Waals surface area contributed by atoms with Crippen molar-refractivity contribution in [3.8, 4) is 17.2 Å². The van der Waals surface area contributed by atoms with E-state index in [0.717, 1.165) is 27.8 Å². The Morgan fingerprint density at radius 3 is 2.66 bits per heavy atom. The number of methoxy groups -OCH3 is 1. The fraction of sp³-hybridized carbons (Fsp3) is 0.130. The zero-order valence-electron chi connectivity index (χ0n) is 16.2. The molecule has 0 fully saturated rings. The number of hydrogen-bond donors (Lipinski definition) is 1. The summed E-state index contributed by atoms with van der Waals surface area (Å²) in [5.74, 6) is 0.638.